The van der Waals surface area contributed by atoms with Crippen LogP contribution in [0.5, 0.6) is 0 Å². The molecule has 0 saturated carbocycles. The quantitative estimate of drug-likeness (QED) is 0.118. The van der Waals surface area contributed by atoms with Crippen molar-refractivity contribution in [2.45, 2.75) is 97.5 Å². The van der Waals surface area contributed by atoms with Crippen molar-refractivity contribution < 1.29 is 34.2 Å². The Kier molecular flexibility index (Phi) is 14.9. The topological polar surface area (TPSA) is 174 Å². The number of aliphatic hydroxyl groups excluding tert-OH is 1. The van der Waals surface area contributed by atoms with Crippen molar-refractivity contribution in [2.24, 2.45) is 17.8 Å². The maximum Gasteiger partial charge on any atom is 0.326 e. The van der Waals surface area contributed by atoms with Crippen LogP contribution in [-0.2, 0) is 36.8 Å². The lowest BCUT2D eigenvalue weighted by molar-refractivity contribution is -0.143. The third kappa shape index (κ3) is 11.4. The normalized spacial score (nSPS) is 15.0. The molecule has 0 saturated heterocycles. The Hall–Kier alpha value is -4.77. The molecule has 50 heavy (non-hydrogen) atoms. The van der Waals surface area contributed by atoms with Crippen molar-refractivity contribution in [1.82, 2.24) is 21.3 Å². The molecule has 6 atom stereocenters. The predicted octanol–water partition coefficient (Wildman–Crippen LogP) is 3.76. The van der Waals surface area contributed by atoms with Gasteiger partial charge in [-0.1, -0.05) is 121 Å². The van der Waals surface area contributed by atoms with Gasteiger partial charge in [0, 0.05) is 0 Å². The summed E-state index contributed by atoms with van der Waals surface area (Å²) in [7, 11) is 0. The lowest BCUT2D eigenvalue weighted by Gasteiger charge is -2.30. The van der Waals surface area contributed by atoms with E-state index in [9.17, 15) is 34.2 Å². The van der Waals surface area contributed by atoms with Crippen molar-refractivity contribution in [3.05, 3.63) is 83.9 Å². The second kappa shape index (κ2) is 18.8. The minimum absolute atomic E-state index is 0.0728. The van der Waals surface area contributed by atoms with Gasteiger partial charge in [0.25, 0.3) is 0 Å². The summed E-state index contributed by atoms with van der Waals surface area (Å²) in [6, 6.07) is 18.7. The fourth-order valence-corrected chi connectivity index (χ4v) is 5.83. The zero-order valence-corrected chi connectivity index (χ0v) is 29.8. The molecule has 270 valence electrons. The average Bonchev–Trinajstić information content (AvgIpc) is 3.07. The van der Waals surface area contributed by atoms with Gasteiger partial charge in [-0.05, 0) is 46.1 Å². The number of carbonyl (C=O) groups excluding carboxylic acids is 4. The number of carbonyl (C=O) groups is 5. The maximum absolute atomic E-state index is 13.7. The van der Waals surface area contributed by atoms with Crippen LogP contribution >= 0.6 is 0 Å². The van der Waals surface area contributed by atoms with Gasteiger partial charge in [0.05, 0.1) is 25.0 Å². The van der Waals surface area contributed by atoms with Crippen LogP contribution in [0.15, 0.2) is 72.8 Å². The van der Waals surface area contributed by atoms with Crippen LogP contribution in [0, 0.1) is 17.8 Å². The minimum Gasteiger partial charge on any atom is -0.480 e. The first-order valence-electron chi connectivity index (χ1n) is 17.3. The highest BCUT2D eigenvalue weighted by Gasteiger charge is 2.34. The average molecular weight is 689 g/mol. The van der Waals surface area contributed by atoms with Gasteiger partial charge in [-0.25, -0.2) is 4.79 Å². The van der Waals surface area contributed by atoms with E-state index in [-0.39, 0.29) is 36.5 Å². The number of hydrogen-bond donors (Lipinski definition) is 6. The number of aliphatic hydroxyl groups is 1. The molecule has 0 heterocycles. The van der Waals surface area contributed by atoms with Gasteiger partial charge in [-0.15, -0.1) is 0 Å². The minimum atomic E-state index is -1.36. The summed E-state index contributed by atoms with van der Waals surface area (Å²) in [5.41, 5.74) is 1.64. The SMILES string of the molecule is CCC(C)C(NC(=O)CC(O)C(Cc1ccccc1)NC(=O)C(NC(=O)Cc1cccc2ccccc12)C(C)C)C(=O)NC(C(=O)O)C(C)C. The van der Waals surface area contributed by atoms with Crippen molar-refractivity contribution in [3.63, 3.8) is 0 Å². The van der Waals surface area contributed by atoms with E-state index in [1.165, 1.54) is 0 Å². The van der Waals surface area contributed by atoms with Crippen LogP contribution in [0.3, 0.4) is 0 Å². The maximum atomic E-state index is 13.7. The summed E-state index contributed by atoms with van der Waals surface area (Å²) < 4.78 is 0. The van der Waals surface area contributed by atoms with Crippen molar-refractivity contribution in [3.8, 4) is 0 Å². The lowest BCUT2D eigenvalue weighted by Crippen LogP contribution is -2.57. The van der Waals surface area contributed by atoms with Crippen LogP contribution in [0.25, 0.3) is 10.8 Å². The van der Waals surface area contributed by atoms with Gasteiger partial charge in [0.2, 0.25) is 23.6 Å². The molecule has 0 bridgehead atoms. The molecule has 0 aromatic heterocycles. The molecule has 6 unspecified atom stereocenters. The van der Waals surface area contributed by atoms with Crippen LogP contribution in [0.2, 0.25) is 0 Å². The third-order valence-corrected chi connectivity index (χ3v) is 9.02. The van der Waals surface area contributed by atoms with E-state index in [2.05, 4.69) is 21.3 Å². The Labute approximate surface area is 294 Å². The van der Waals surface area contributed by atoms with Gasteiger partial charge in [0.1, 0.15) is 18.1 Å². The van der Waals surface area contributed by atoms with Gasteiger partial charge in [0.15, 0.2) is 0 Å². The van der Waals surface area contributed by atoms with Crippen LogP contribution in [-0.4, -0.2) is 70.1 Å². The number of amides is 4. The fourth-order valence-electron chi connectivity index (χ4n) is 5.83. The molecule has 11 nitrogen and oxygen atoms in total. The summed E-state index contributed by atoms with van der Waals surface area (Å²) in [6.45, 7) is 10.6. The van der Waals surface area contributed by atoms with Gasteiger partial charge in [-0.2, -0.15) is 0 Å². The molecule has 0 fully saturated rings. The van der Waals surface area contributed by atoms with E-state index in [1.807, 2.05) is 93.6 Å². The number of nitrogens with one attached hydrogen (secondary N) is 4. The van der Waals surface area contributed by atoms with E-state index < -0.39 is 60.4 Å². The zero-order chi connectivity index (χ0) is 37.0. The first-order chi connectivity index (χ1) is 23.7. The summed E-state index contributed by atoms with van der Waals surface area (Å²) in [5, 5.41) is 33.9. The number of benzene rings is 3. The highest BCUT2D eigenvalue weighted by atomic mass is 16.4. The molecule has 3 aromatic carbocycles. The molecule has 6 N–H and O–H groups in total. The highest BCUT2D eigenvalue weighted by molar-refractivity contribution is 5.93. The number of rotatable bonds is 18. The molecule has 0 spiro atoms. The number of hydrogen-bond acceptors (Lipinski definition) is 6. The number of aliphatic carboxylic acids is 1. The van der Waals surface area contributed by atoms with Crippen LogP contribution in [0.1, 0.15) is 65.5 Å². The van der Waals surface area contributed by atoms with E-state index in [0.717, 1.165) is 21.9 Å². The molecule has 0 aliphatic carbocycles. The first-order valence-corrected chi connectivity index (χ1v) is 17.3. The molecule has 3 aromatic rings. The smallest absolute Gasteiger partial charge is 0.326 e. The third-order valence-electron chi connectivity index (χ3n) is 9.02. The molecular weight excluding hydrogens is 636 g/mol. The fraction of sp³-hybridized carbons (Fsp3) is 0.462. The highest BCUT2D eigenvalue weighted by Crippen LogP contribution is 2.19. The van der Waals surface area contributed by atoms with Crippen molar-refractivity contribution in [2.75, 3.05) is 0 Å². The van der Waals surface area contributed by atoms with E-state index in [4.69, 9.17) is 0 Å². The summed E-state index contributed by atoms with van der Waals surface area (Å²) in [4.78, 5) is 65.2. The first kappa shape index (κ1) is 39.7. The number of carboxylic acids is 1. The summed E-state index contributed by atoms with van der Waals surface area (Å²) in [5.74, 6) is -4.28. The van der Waals surface area contributed by atoms with E-state index in [0.29, 0.717) is 6.42 Å². The summed E-state index contributed by atoms with van der Waals surface area (Å²) in [6.07, 6.45) is -1.01. The van der Waals surface area contributed by atoms with Crippen LogP contribution in [0.4, 0.5) is 0 Å². The van der Waals surface area contributed by atoms with E-state index in [1.54, 1.807) is 20.8 Å². The molecular formula is C39H52N4O7. The Balaban J connectivity index is 1.75. The molecule has 11 heteroatoms. The largest absolute Gasteiger partial charge is 0.480 e. The Bertz CT molecular complexity index is 1600. The molecule has 0 aliphatic heterocycles. The van der Waals surface area contributed by atoms with Gasteiger partial charge >= 0.3 is 5.97 Å². The van der Waals surface area contributed by atoms with Gasteiger partial charge < -0.3 is 31.5 Å². The van der Waals surface area contributed by atoms with Crippen molar-refractivity contribution >= 4 is 40.4 Å². The van der Waals surface area contributed by atoms with Crippen molar-refractivity contribution in [1.29, 1.82) is 0 Å². The Morgan fingerprint density at radius 2 is 1.24 bits per heavy atom. The molecule has 0 radical (unpaired) electrons. The predicted molar refractivity (Wildman–Crippen MR) is 193 cm³/mol. The number of carboxylic acid groups (broad SMARTS) is 1. The zero-order valence-electron chi connectivity index (χ0n) is 29.8. The van der Waals surface area contributed by atoms with Crippen LogP contribution < -0.4 is 21.3 Å². The Morgan fingerprint density at radius 3 is 1.86 bits per heavy atom. The number of fused-ring (bicyclic) bond motifs is 1. The van der Waals surface area contributed by atoms with E-state index >= 15 is 0 Å². The second-order valence-electron chi connectivity index (χ2n) is 13.7. The lowest BCUT2D eigenvalue weighted by atomic mass is 9.95. The molecule has 3 rings (SSSR count). The molecule has 4 amide bonds. The standard InChI is InChI=1S/C39H52N4O7/c1-7-25(6)36(38(48)43-35(24(4)5)39(49)50)42-33(46)22-31(44)30(20-26-14-9-8-10-15-26)40-37(47)34(23(2)3)41-32(45)21-28-18-13-17-27-16-11-12-19-29(27)28/h8-19,23-25,30-31,34-36,44H,7,20-22H2,1-6H3,(H,40,47)(H,41,45)(H,42,46)(H,43,48)(H,49,50). The Morgan fingerprint density at radius 1 is 0.660 bits per heavy atom. The van der Waals surface area contributed by atoms with Gasteiger partial charge in [-0.3, -0.25) is 19.2 Å². The summed E-state index contributed by atoms with van der Waals surface area (Å²) >= 11 is 0. The second-order valence-corrected chi connectivity index (χ2v) is 13.7. The monoisotopic (exact) mass is 688 g/mol. The molecule has 0 aliphatic rings.